The van der Waals surface area contributed by atoms with Gasteiger partial charge in [0.1, 0.15) is 5.75 Å². The molecule has 0 aliphatic carbocycles. The van der Waals surface area contributed by atoms with Crippen LogP contribution in [0.5, 0.6) is 5.75 Å². The first-order chi connectivity index (χ1) is 11.0. The van der Waals surface area contributed by atoms with Crippen molar-refractivity contribution in [3.63, 3.8) is 0 Å². The van der Waals surface area contributed by atoms with E-state index in [1.54, 1.807) is 9.80 Å². The van der Waals surface area contributed by atoms with E-state index in [2.05, 4.69) is 6.92 Å². The molecule has 0 radical (unpaired) electrons. The zero-order valence-electron chi connectivity index (χ0n) is 14.4. The Labute approximate surface area is 138 Å². The molecule has 1 saturated heterocycles. The van der Waals surface area contributed by atoms with Crippen molar-refractivity contribution in [3.8, 4) is 5.75 Å². The van der Waals surface area contributed by atoms with Gasteiger partial charge in [-0.2, -0.15) is 0 Å². The normalized spacial score (nSPS) is 18.9. The summed E-state index contributed by atoms with van der Waals surface area (Å²) >= 11 is 0. The number of anilines is 1. The van der Waals surface area contributed by atoms with Gasteiger partial charge in [-0.15, -0.1) is 0 Å². The lowest BCUT2D eigenvalue weighted by atomic mass is 10.1. The van der Waals surface area contributed by atoms with E-state index in [1.807, 2.05) is 45.2 Å². The van der Waals surface area contributed by atoms with Crippen molar-refractivity contribution in [3.05, 3.63) is 24.3 Å². The molecule has 0 spiro atoms. The number of hydrogen-bond donors (Lipinski definition) is 0. The summed E-state index contributed by atoms with van der Waals surface area (Å²) in [6, 6.07) is 7.67. The number of hydrogen-bond acceptors (Lipinski definition) is 3. The molecule has 0 bridgehead atoms. The maximum atomic E-state index is 12.6. The monoisotopic (exact) mass is 318 g/mol. The number of nitrogens with zero attached hydrogens (tertiary/aromatic N) is 2. The van der Waals surface area contributed by atoms with Crippen molar-refractivity contribution in [2.75, 3.05) is 25.1 Å². The van der Waals surface area contributed by atoms with E-state index < -0.39 is 0 Å². The highest BCUT2D eigenvalue weighted by molar-refractivity contribution is 6.01. The first-order valence-corrected chi connectivity index (χ1v) is 8.28. The van der Waals surface area contributed by atoms with Crippen LogP contribution in [0.2, 0.25) is 0 Å². The maximum absolute atomic E-state index is 12.6. The van der Waals surface area contributed by atoms with Crippen LogP contribution in [0.3, 0.4) is 0 Å². The molecule has 0 aromatic heterocycles. The predicted molar refractivity (Wildman–Crippen MR) is 90.6 cm³/mol. The highest BCUT2D eigenvalue weighted by atomic mass is 16.5. The Hall–Kier alpha value is -2.04. The standard InChI is InChI=1S/C18H26N2O3/c1-5-13(3)19(4)18(22)14-11-17(21)20(12-14)15-9-7-8-10-16(15)23-6-2/h7-10,13-14H,5-6,11-12H2,1-4H3. The number of para-hydroxylation sites is 2. The fourth-order valence-electron chi connectivity index (χ4n) is 2.84. The van der Waals surface area contributed by atoms with Gasteiger partial charge in [0.05, 0.1) is 18.2 Å². The zero-order chi connectivity index (χ0) is 17.0. The van der Waals surface area contributed by atoms with Crippen LogP contribution in [-0.2, 0) is 9.59 Å². The summed E-state index contributed by atoms with van der Waals surface area (Å²) in [7, 11) is 1.82. The van der Waals surface area contributed by atoms with Crippen LogP contribution in [0.1, 0.15) is 33.6 Å². The first-order valence-electron chi connectivity index (χ1n) is 8.28. The van der Waals surface area contributed by atoms with E-state index in [0.29, 0.717) is 18.9 Å². The Balaban J connectivity index is 2.16. The van der Waals surface area contributed by atoms with Crippen LogP contribution < -0.4 is 9.64 Å². The number of amides is 2. The third-order valence-electron chi connectivity index (χ3n) is 4.53. The zero-order valence-corrected chi connectivity index (χ0v) is 14.4. The average Bonchev–Trinajstić information content (AvgIpc) is 2.95. The average molecular weight is 318 g/mol. The molecule has 2 amide bonds. The smallest absolute Gasteiger partial charge is 0.227 e. The summed E-state index contributed by atoms with van der Waals surface area (Å²) in [6.07, 6.45) is 1.17. The van der Waals surface area contributed by atoms with Crippen molar-refractivity contribution in [2.45, 2.75) is 39.7 Å². The van der Waals surface area contributed by atoms with Gasteiger partial charge in [-0.25, -0.2) is 0 Å². The predicted octanol–water partition coefficient (Wildman–Crippen LogP) is 2.70. The fraction of sp³-hybridized carbons (Fsp3) is 0.556. The highest BCUT2D eigenvalue weighted by Crippen LogP contribution is 2.33. The first kappa shape index (κ1) is 17.3. The molecule has 0 saturated carbocycles. The van der Waals surface area contributed by atoms with Crippen molar-refractivity contribution < 1.29 is 14.3 Å². The number of rotatable bonds is 6. The molecule has 1 aromatic carbocycles. The molecular formula is C18H26N2O3. The maximum Gasteiger partial charge on any atom is 0.227 e. The fourth-order valence-corrected chi connectivity index (χ4v) is 2.84. The molecule has 1 fully saturated rings. The second kappa shape index (κ2) is 7.49. The van der Waals surface area contributed by atoms with E-state index in [1.165, 1.54) is 0 Å². The van der Waals surface area contributed by atoms with Gasteiger partial charge in [0.25, 0.3) is 0 Å². The molecule has 23 heavy (non-hydrogen) atoms. The highest BCUT2D eigenvalue weighted by Gasteiger charge is 2.38. The van der Waals surface area contributed by atoms with Gasteiger partial charge in [-0.1, -0.05) is 19.1 Å². The molecule has 2 rings (SSSR count). The van der Waals surface area contributed by atoms with Crippen LogP contribution in [0.15, 0.2) is 24.3 Å². The minimum absolute atomic E-state index is 0.0203. The minimum Gasteiger partial charge on any atom is -0.492 e. The summed E-state index contributed by atoms with van der Waals surface area (Å²) in [6.45, 7) is 6.95. The molecule has 5 nitrogen and oxygen atoms in total. The van der Waals surface area contributed by atoms with E-state index in [0.717, 1.165) is 12.1 Å². The number of ether oxygens (including phenoxy) is 1. The Kier molecular flexibility index (Phi) is 5.64. The minimum atomic E-state index is -0.281. The number of carbonyl (C=O) groups is 2. The quantitative estimate of drug-likeness (QED) is 0.810. The Morgan fingerprint density at radius 2 is 2.09 bits per heavy atom. The van der Waals surface area contributed by atoms with Gasteiger partial charge >= 0.3 is 0 Å². The second-order valence-electron chi connectivity index (χ2n) is 6.01. The SMILES string of the molecule is CCOc1ccccc1N1CC(C(=O)N(C)C(C)CC)CC1=O. The van der Waals surface area contributed by atoms with Crippen LogP contribution in [0.4, 0.5) is 5.69 Å². The van der Waals surface area contributed by atoms with Crippen molar-refractivity contribution in [1.82, 2.24) is 4.90 Å². The summed E-state index contributed by atoms with van der Waals surface area (Å²) in [5, 5.41) is 0. The van der Waals surface area contributed by atoms with Gasteiger partial charge in [0, 0.05) is 26.1 Å². The molecule has 2 atom stereocenters. The molecule has 1 aromatic rings. The van der Waals surface area contributed by atoms with Gasteiger partial charge in [0.2, 0.25) is 11.8 Å². The Bertz CT molecular complexity index is 573. The van der Waals surface area contributed by atoms with Gasteiger partial charge in [0.15, 0.2) is 0 Å². The summed E-state index contributed by atoms with van der Waals surface area (Å²) in [5.41, 5.74) is 0.751. The van der Waals surface area contributed by atoms with Gasteiger partial charge in [-0.3, -0.25) is 9.59 Å². The summed E-state index contributed by atoms with van der Waals surface area (Å²) < 4.78 is 5.61. The van der Waals surface area contributed by atoms with E-state index >= 15 is 0 Å². The largest absolute Gasteiger partial charge is 0.492 e. The number of carbonyl (C=O) groups excluding carboxylic acids is 2. The third-order valence-corrected chi connectivity index (χ3v) is 4.53. The molecule has 2 unspecified atom stereocenters. The van der Waals surface area contributed by atoms with Gasteiger partial charge < -0.3 is 14.5 Å². The molecule has 5 heteroatoms. The van der Waals surface area contributed by atoms with Crippen molar-refractivity contribution in [1.29, 1.82) is 0 Å². The van der Waals surface area contributed by atoms with Crippen LogP contribution in [0, 0.1) is 5.92 Å². The van der Waals surface area contributed by atoms with Crippen LogP contribution >= 0.6 is 0 Å². The molecule has 126 valence electrons. The van der Waals surface area contributed by atoms with Gasteiger partial charge in [-0.05, 0) is 32.4 Å². The molecule has 1 heterocycles. The van der Waals surface area contributed by atoms with Crippen LogP contribution in [0.25, 0.3) is 0 Å². The van der Waals surface area contributed by atoms with Crippen molar-refractivity contribution in [2.24, 2.45) is 5.92 Å². The topological polar surface area (TPSA) is 49.9 Å². The molecule has 1 aliphatic rings. The van der Waals surface area contributed by atoms with E-state index in [9.17, 15) is 9.59 Å². The number of benzene rings is 1. The van der Waals surface area contributed by atoms with Crippen molar-refractivity contribution >= 4 is 17.5 Å². The summed E-state index contributed by atoms with van der Waals surface area (Å²) in [5.74, 6) is 0.431. The van der Waals surface area contributed by atoms with E-state index in [4.69, 9.17) is 4.74 Å². The lowest BCUT2D eigenvalue weighted by Crippen LogP contribution is -2.39. The summed E-state index contributed by atoms with van der Waals surface area (Å²) in [4.78, 5) is 28.4. The Morgan fingerprint density at radius 3 is 2.74 bits per heavy atom. The third kappa shape index (κ3) is 3.66. The van der Waals surface area contributed by atoms with Crippen LogP contribution in [-0.4, -0.2) is 43.0 Å². The second-order valence-corrected chi connectivity index (χ2v) is 6.01. The van der Waals surface area contributed by atoms with E-state index in [-0.39, 0.29) is 30.2 Å². The Morgan fingerprint density at radius 1 is 1.39 bits per heavy atom. The molecule has 1 aliphatic heterocycles. The molecular weight excluding hydrogens is 292 g/mol. The lowest BCUT2D eigenvalue weighted by Gasteiger charge is -2.26. The lowest BCUT2D eigenvalue weighted by molar-refractivity contribution is -0.136. The molecule has 0 N–H and O–H groups in total.